The molecule has 27 heavy (non-hydrogen) atoms. The number of nitrogens with one attached hydrogen (secondary N) is 1. The van der Waals surface area contributed by atoms with Gasteiger partial charge in [0.15, 0.2) is 0 Å². The van der Waals surface area contributed by atoms with Crippen LogP contribution in [0.3, 0.4) is 0 Å². The zero-order valence-electron chi connectivity index (χ0n) is 16.3. The van der Waals surface area contributed by atoms with E-state index in [1.165, 1.54) is 0 Å². The number of pyridine rings is 1. The van der Waals surface area contributed by atoms with E-state index >= 15 is 0 Å². The first kappa shape index (κ1) is 19.1. The molecule has 2 aromatic rings. The molecule has 0 aliphatic carbocycles. The molecule has 2 heterocycles. The number of piperidine rings is 1. The molecular formula is C22H27N3O2. The van der Waals surface area contributed by atoms with Gasteiger partial charge in [0.25, 0.3) is 5.91 Å². The maximum Gasteiger partial charge on any atom is 0.257 e. The summed E-state index contributed by atoms with van der Waals surface area (Å²) in [5, 5.41) is 2.99. The Kier molecular flexibility index (Phi) is 5.89. The van der Waals surface area contributed by atoms with E-state index in [2.05, 4.69) is 5.32 Å². The second-order valence-corrected chi connectivity index (χ2v) is 7.22. The number of amides is 2. The Morgan fingerprint density at radius 3 is 2.56 bits per heavy atom. The second kappa shape index (κ2) is 8.33. The van der Waals surface area contributed by atoms with Gasteiger partial charge in [0.2, 0.25) is 5.91 Å². The van der Waals surface area contributed by atoms with E-state index in [0.717, 1.165) is 48.6 Å². The SMILES string of the molecule is CCC(=O)N1CCC(c2nc(C)ccc2C(=O)Nc2cccc(C)c2)CC1. The van der Waals surface area contributed by atoms with Gasteiger partial charge >= 0.3 is 0 Å². The molecule has 0 bridgehead atoms. The van der Waals surface area contributed by atoms with Crippen LogP contribution in [0, 0.1) is 13.8 Å². The summed E-state index contributed by atoms with van der Waals surface area (Å²) in [5.41, 5.74) is 4.27. The summed E-state index contributed by atoms with van der Waals surface area (Å²) in [6.07, 6.45) is 2.22. The average Bonchev–Trinajstić information content (AvgIpc) is 2.67. The summed E-state index contributed by atoms with van der Waals surface area (Å²) in [6, 6.07) is 11.5. The van der Waals surface area contributed by atoms with Gasteiger partial charge in [-0.05, 0) is 56.5 Å². The monoisotopic (exact) mass is 365 g/mol. The molecule has 2 amide bonds. The normalized spacial score (nSPS) is 14.9. The number of hydrogen-bond donors (Lipinski definition) is 1. The molecule has 0 unspecified atom stereocenters. The van der Waals surface area contributed by atoms with Crippen molar-refractivity contribution < 1.29 is 9.59 Å². The number of benzene rings is 1. The first-order valence-corrected chi connectivity index (χ1v) is 9.61. The number of anilines is 1. The van der Waals surface area contributed by atoms with Gasteiger partial charge in [-0.1, -0.05) is 19.1 Å². The predicted molar refractivity (Wildman–Crippen MR) is 107 cm³/mol. The van der Waals surface area contributed by atoms with Crippen molar-refractivity contribution in [2.24, 2.45) is 0 Å². The number of likely N-dealkylation sites (tertiary alicyclic amines) is 1. The molecule has 1 aromatic carbocycles. The minimum Gasteiger partial charge on any atom is -0.343 e. The highest BCUT2D eigenvalue weighted by atomic mass is 16.2. The van der Waals surface area contributed by atoms with Crippen LogP contribution in [0.4, 0.5) is 5.69 Å². The number of hydrogen-bond acceptors (Lipinski definition) is 3. The van der Waals surface area contributed by atoms with Crippen LogP contribution in [0.2, 0.25) is 0 Å². The number of carbonyl (C=O) groups excluding carboxylic acids is 2. The number of carbonyl (C=O) groups is 2. The lowest BCUT2D eigenvalue weighted by Crippen LogP contribution is -2.38. The fourth-order valence-corrected chi connectivity index (χ4v) is 3.63. The standard InChI is InChI=1S/C22H27N3O2/c1-4-20(26)25-12-10-17(11-13-25)21-19(9-8-16(3)23-21)22(27)24-18-7-5-6-15(2)14-18/h5-9,14,17H,4,10-13H2,1-3H3,(H,24,27). The highest BCUT2D eigenvalue weighted by Gasteiger charge is 2.27. The average molecular weight is 365 g/mol. The summed E-state index contributed by atoms with van der Waals surface area (Å²) < 4.78 is 0. The van der Waals surface area contributed by atoms with Gasteiger partial charge in [0.1, 0.15) is 0 Å². The van der Waals surface area contributed by atoms with Crippen LogP contribution in [-0.4, -0.2) is 34.8 Å². The summed E-state index contributed by atoms with van der Waals surface area (Å²) >= 11 is 0. The minimum atomic E-state index is -0.129. The first-order chi connectivity index (χ1) is 13.0. The van der Waals surface area contributed by atoms with Gasteiger partial charge in [0.05, 0.1) is 11.3 Å². The van der Waals surface area contributed by atoms with Crippen LogP contribution in [-0.2, 0) is 4.79 Å². The topological polar surface area (TPSA) is 62.3 Å². The van der Waals surface area contributed by atoms with E-state index < -0.39 is 0 Å². The largest absolute Gasteiger partial charge is 0.343 e. The van der Waals surface area contributed by atoms with Crippen molar-refractivity contribution in [2.75, 3.05) is 18.4 Å². The highest BCUT2D eigenvalue weighted by Crippen LogP contribution is 2.30. The zero-order valence-corrected chi connectivity index (χ0v) is 16.3. The van der Waals surface area contributed by atoms with E-state index in [4.69, 9.17) is 4.98 Å². The fourth-order valence-electron chi connectivity index (χ4n) is 3.63. The van der Waals surface area contributed by atoms with Crippen molar-refractivity contribution >= 4 is 17.5 Å². The van der Waals surface area contributed by atoms with Crippen molar-refractivity contribution in [1.29, 1.82) is 0 Å². The van der Waals surface area contributed by atoms with E-state index in [1.54, 1.807) is 0 Å². The van der Waals surface area contributed by atoms with Crippen LogP contribution < -0.4 is 5.32 Å². The third-order valence-corrected chi connectivity index (χ3v) is 5.12. The van der Waals surface area contributed by atoms with Crippen LogP contribution in [0.15, 0.2) is 36.4 Å². The molecule has 1 fully saturated rings. The lowest BCUT2D eigenvalue weighted by Gasteiger charge is -2.32. The summed E-state index contributed by atoms with van der Waals surface area (Å²) in [6.45, 7) is 7.30. The third-order valence-electron chi connectivity index (χ3n) is 5.12. The van der Waals surface area contributed by atoms with Crippen molar-refractivity contribution in [3.8, 4) is 0 Å². The Morgan fingerprint density at radius 1 is 1.15 bits per heavy atom. The molecular weight excluding hydrogens is 338 g/mol. The molecule has 0 atom stereocenters. The lowest BCUT2D eigenvalue weighted by molar-refractivity contribution is -0.131. The van der Waals surface area contributed by atoms with E-state index in [0.29, 0.717) is 12.0 Å². The Balaban J connectivity index is 1.79. The van der Waals surface area contributed by atoms with Crippen molar-refractivity contribution in [3.63, 3.8) is 0 Å². The molecule has 1 saturated heterocycles. The number of nitrogens with zero attached hydrogens (tertiary/aromatic N) is 2. The van der Waals surface area contributed by atoms with Gasteiger partial charge in [-0.25, -0.2) is 0 Å². The van der Waals surface area contributed by atoms with Crippen molar-refractivity contribution in [3.05, 3.63) is 58.9 Å². The number of aryl methyl sites for hydroxylation is 2. The molecule has 0 radical (unpaired) electrons. The Bertz CT molecular complexity index is 839. The Morgan fingerprint density at radius 2 is 1.89 bits per heavy atom. The highest BCUT2D eigenvalue weighted by molar-refractivity contribution is 6.05. The number of aromatic nitrogens is 1. The molecule has 3 rings (SSSR count). The fraction of sp³-hybridized carbons (Fsp3) is 0.409. The minimum absolute atomic E-state index is 0.129. The second-order valence-electron chi connectivity index (χ2n) is 7.22. The molecule has 1 aromatic heterocycles. The van der Waals surface area contributed by atoms with Crippen LogP contribution in [0.5, 0.6) is 0 Å². The van der Waals surface area contributed by atoms with Crippen LogP contribution >= 0.6 is 0 Å². The molecule has 0 saturated carbocycles. The van der Waals surface area contributed by atoms with Crippen molar-refractivity contribution in [1.82, 2.24) is 9.88 Å². The number of rotatable bonds is 4. The molecule has 5 nitrogen and oxygen atoms in total. The lowest BCUT2D eigenvalue weighted by atomic mass is 9.89. The Hall–Kier alpha value is -2.69. The van der Waals surface area contributed by atoms with Gasteiger partial charge in [-0.15, -0.1) is 0 Å². The van der Waals surface area contributed by atoms with E-state index in [1.807, 2.05) is 62.1 Å². The van der Waals surface area contributed by atoms with Crippen LogP contribution in [0.1, 0.15) is 59.4 Å². The smallest absolute Gasteiger partial charge is 0.257 e. The zero-order chi connectivity index (χ0) is 19.4. The van der Waals surface area contributed by atoms with Gasteiger partial charge in [-0.3, -0.25) is 14.6 Å². The molecule has 1 N–H and O–H groups in total. The van der Waals surface area contributed by atoms with Crippen molar-refractivity contribution in [2.45, 2.75) is 46.0 Å². The van der Waals surface area contributed by atoms with Gasteiger partial charge < -0.3 is 10.2 Å². The van der Waals surface area contributed by atoms with E-state index in [-0.39, 0.29) is 17.7 Å². The summed E-state index contributed by atoms with van der Waals surface area (Å²) in [5.74, 6) is 0.266. The quantitative estimate of drug-likeness (QED) is 0.888. The molecule has 5 heteroatoms. The van der Waals surface area contributed by atoms with Gasteiger partial charge in [-0.2, -0.15) is 0 Å². The maximum atomic E-state index is 12.9. The molecule has 1 aliphatic rings. The van der Waals surface area contributed by atoms with E-state index in [9.17, 15) is 9.59 Å². The molecule has 1 aliphatic heterocycles. The predicted octanol–water partition coefficient (Wildman–Crippen LogP) is 4.07. The summed E-state index contributed by atoms with van der Waals surface area (Å²) in [4.78, 5) is 31.4. The first-order valence-electron chi connectivity index (χ1n) is 9.61. The van der Waals surface area contributed by atoms with Crippen LogP contribution in [0.25, 0.3) is 0 Å². The molecule has 0 spiro atoms. The molecule has 142 valence electrons. The van der Waals surface area contributed by atoms with Gasteiger partial charge in [0, 0.05) is 36.8 Å². The maximum absolute atomic E-state index is 12.9. The Labute approximate surface area is 160 Å². The summed E-state index contributed by atoms with van der Waals surface area (Å²) in [7, 11) is 0. The third kappa shape index (κ3) is 4.54.